The summed E-state index contributed by atoms with van der Waals surface area (Å²) in [4.78, 5) is 0. The van der Waals surface area contributed by atoms with Gasteiger partial charge in [0.1, 0.15) is 0 Å². The second-order valence-electron chi connectivity index (χ2n) is 3.65. The second-order valence-corrected chi connectivity index (χ2v) is 3.65. The minimum atomic E-state index is -0.167. The average Bonchev–Trinajstić information content (AvgIpc) is 2.03. The summed E-state index contributed by atoms with van der Waals surface area (Å²) >= 11 is 0. The van der Waals surface area contributed by atoms with Gasteiger partial charge in [0.25, 0.3) is 0 Å². The highest BCUT2D eigenvalue weighted by atomic mass is 16.3. The average molecular weight is 190 g/mol. The van der Waals surface area contributed by atoms with Crippen LogP contribution in [0.2, 0.25) is 0 Å². The Balaban J connectivity index is 0. The molecule has 0 saturated carbocycles. The van der Waals surface area contributed by atoms with E-state index in [0.29, 0.717) is 0 Å². The molecule has 0 aliphatic heterocycles. The summed E-state index contributed by atoms with van der Waals surface area (Å²) in [5, 5.41) is 17.1. The third-order valence-corrected chi connectivity index (χ3v) is 1.61. The smallest absolute Gasteiger partial charge is 0.0537 e. The van der Waals surface area contributed by atoms with Gasteiger partial charge in [-0.2, -0.15) is 0 Å². The first-order valence-electron chi connectivity index (χ1n) is 5.40. The van der Waals surface area contributed by atoms with Gasteiger partial charge in [0.15, 0.2) is 0 Å². The van der Waals surface area contributed by atoms with Gasteiger partial charge in [-0.1, -0.05) is 33.1 Å². The Morgan fingerprint density at radius 3 is 1.77 bits per heavy atom. The molecule has 0 aromatic heterocycles. The van der Waals surface area contributed by atoms with E-state index in [9.17, 15) is 0 Å². The van der Waals surface area contributed by atoms with Crippen molar-refractivity contribution < 1.29 is 10.2 Å². The lowest BCUT2D eigenvalue weighted by atomic mass is 10.1. The van der Waals surface area contributed by atoms with Gasteiger partial charge in [-0.05, 0) is 26.7 Å². The molecule has 0 aromatic carbocycles. The molecular weight excluding hydrogens is 164 g/mol. The van der Waals surface area contributed by atoms with Crippen LogP contribution in [0, 0.1) is 0 Å². The van der Waals surface area contributed by atoms with Crippen LogP contribution < -0.4 is 0 Å². The van der Waals surface area contributed by atoms with Crippen LogP contribution in [0.3, 0.4) is 0 Å². The maximum absolute atomic E-state index is 9.08. The van der Waals surface area contributed by atoms with Gasteiger partial charge in [-0.3, -0.25) is 0 Å². The fraction of sp³-hybridized carbons (Fsp3) is 1.00. The van der Waals surface area contributed by atoms with E-state index in [2.05, 4.69) is 6.92 Å². The topological polar surface area (TPSA) is 40.5 Å². The molecule has 1 unspecified atom stereocenters. The van der Waals surface area contributed by atoms with Crippen LogP contribution in [0.25, 0.3) is 0 Å². The molecule has 0 fully saturated rings. The molecule has 0 radical (unpaired) electrons. The van der Waals surface area contributed by atoms with Crippen molar-refractivity contribution in [2.24, 2.45) is 0 Å². The van der Waals surface area contributed by atoms with Gasteiger partial charge in [0.2, 0.25) is 0 Å². The lowest BCUT2D eigenvalue weighted by Crippen LogP contribution is -2.02. The van der Waals surface area contributed by atoms with Crippen LogP contribution >= 0.6 is 0 Å². The molecule has 2 nitrogen and oxygen atoms in total. The summed E-state index contributed by atoms with van der Waals surface area (Å²) in [6.07, 6.45) is 5.38. The molecule has 1 atom stereocenters. The van der Waals surface area contributed by atoms with Crippen LogP contribution in [0.4, 0.5) is 0 Å². The monoisotopic (exact) mass is 190 g/mol. The first kappa shape index (κ1) is 15.4. The van der Waals surface area contributed by atoms with E-state index in [1.807, 2.05) is 6.92 Å². The predicted octanol–water partition coefficient (Wildman–Crippen LogP) is 2.72. The van der Waals surface area contributed by atoms with Gasteiger partial charge in [-0.15, -0.1) is 0 Å². The van der Waals surface area contributed by atoms with E-state index in [1.54, 1.807) is 13.8 Å². The maximum Gasteiger partial charge on any atom is 0.0537 e. The van der Waals surface area contributed by atoms with Crippen LogP contribution in [0.5, 0.6) is 0 Å². The molecule has 0 aromatic rings. The number of hydrogen-bond donors (Lipinski definition) is 2. The lowest BCUT2D eigenvalue weighted by molar-refractivity contribution is 0.156. The number of aliphatic hydroxyl groups is 2. The molecule has 0 heterocycles. The molecule has 0 aliphatic carbocycles. The fourth-order valence-electron chi connectivity index (χ4n) is 0.834. The first-order valence-corrected chi connectivity index (χ1v) is 5.40. The van der Waals surface area contributed by atoms with Gasteiger partial charge in [0.05, 0.1) is 6.10 Å². The van der Waals surface area contributed by atoms with Gasteiger partial charge in [0, 0.05) is 6.10 Å². The molecule has 13 heavy (non-hydrogen) atoms. The highest BCUT2D eigenvalue weighted by molar-refractivity contribution is 4.51. The molecule has 0 amide bonds. The Hall–Kier alpha value is -0.0800. The Morgan fingerprint density at radius 2 is 1.46 bits per heavy atom. The number of hydrogen-bond acceptors (Lipinski definition) is 2. The van der Waals surface area contributed by atoms with Crippen molar-refractivity contribution in [2.45, 2.75) is 72.0 Å². The van der Waals surface area contributed by atoms with Gasteiger partial charge in [-0.25, -0.2) is 0 Å². The third kappa shape index (κ3) is 24.5. The van der Waals surface area contributed by atoms with E-state index >= 15 is 0 Å². The number of aliphatic hydroxyl groups excluding tert-OH is 2. The molecule has 0 spiro atoms. The number of unbranched alkanes of at least 4 members (excludes halogenated alkanes) is 2. The van der Waals surface area contributed by atoms with Crippen molar-refractivity contribution in [1.82, 2.24) is 0 Å². The Bertz CT molecular complexity index is 79.4. The molecule has 0 saturated heterocycles. The summed E-state index contributed by atoms with van der Waals surface area (Å²) in [7, 11) is 0. The molecule has 0 aliphatic rings. The zero-order chi connectivity index (χ0) is 10.7. The van der Waals surface area contributed by atoms with Crippen molar-refractivity contribution in [2.75, 3.05) is 0 Å². The Labute approximate surface area is 83.0 Å². The standard InChI is InChI=1S/C8H18O.C3H8O/c1-3-5-6-7-8(9)4-2;1-3(2)4/h8-9H,3-7H2,1-2H3;3-4H,1-2H3. The van der Waals surface area contributed by atoms with Crippen molar-refractivity contribution in [3.05, 3.63) is 0 Å². The minimum Gasteiger partial charge on any atom is -0.394 e. The zero-order valence-corrected chi connectivity index (χ0v) is 9.58. The van der Waals surface area contributed by atoms with Gasteiger partial charge >= 0.3 is 0 Å². The van der Waals surface area contributed by atoms with Crippen LogP contribution in [0.15, 0.2) is 0 Å². The number of rotatable bonds is 5. The Kier molecular flexibility index (Phi) is 14.1. The van der Waals surface area contributed by atoms with Crippen molar-refractivity contribution in [3.8, 4) is 0 Å². The summed E-state index contributed by atoms with van der Waals surface area (Å²) in [5.74, 6) is 0. The second kappa shape index (κ2) is 11.9. The van der Waals surface area contributed by atoms with E-state index < -0.39 is 0 Å². The van der Waals surface area contributed by atoms with Crippen LogP contribution in [-0.2, 0) is 0 Å². The first-order chi connectivity index (χ1) is 6.04. The summed E-state index contributed by atoms with van der Waals surface area (Å²) in [6, 6.07) is 0. The van der Waals surface area contributed by atoms with E-state index in [4.69, 9.17) is 10.2 Å². The third-order valence-electron chi connectivity index (χ3n) is 1.61. The summed E-state index contributed by atoms with van der Waals surface area (Å²) < 4.78 is 0. The van der Waals surface area contributed by atoms with E-state index in [-0.39, 0.29) is 12.2 Å². The Morgan fingerprint density at radius 1 is 1.00 bits per heavy atom. The van der Waals surface area contributed by atoms with E-state index in [0.717, 1.165) is 12.8 Å². The maximum atomic E-state index is 9.08. The van der Waals surface area contributed by atoms with Crippen molar-refractivity contribution >= 4 is 0 Å². The van der Waals surface area contributed by atoms with E-state index in [1.165, 1.54) is 19.3 Å². The summed E-state index contributed by atoms with van der Waals surface area (Å²) in [6.45, 7) is 7.65. The molecule has 0 bridgehead atoms. The molecule has 2 N–H and O–H groups in total. The minimum absolute atomic E-state index is 0.0449. The van der Waals surface area contributed by atoms with Crippen molar-refractivity contribution in [1.29, 1.82) is 0 Å². The van der Waals surface area contributed by atoms with Crippen molar-refractivity contribution in [3.63, 3.8) is 0 Å². The predicted molar refractivity (Wildman–Crippen MR) is 57.8 cm³/mol. The molecule has 82 valence electrons. The quantitative estimate of drug-likeness (QED) is 0.654. The zero-order valence-electron chi connectivity index (χ0n) is 9.58. The lowest BCUT2D eigenvalue weighted by Gasteiger charge is -2.04. The SMILES string of the molecule is CC(C)O.CCCCCC(O)CC. The largest absolute Gasteiger partial charge is 0.394 e. The summed E-state index contributed by atoms with van der Waals surface area (Å²) in [5.41, 5.74) is 0. The highest BCUT2D eigenvalue weighted by Crippen LogP contribution is 2.04. The molecule has 2 heteroatoms. The molecular formula is C11H26O2. The normalized spacial score (nSPS) is 12.2. The highest BCUT2D eigenvalue weighted by Gasteiger charge is 1.97. The van der Waals surface area contributed by atoms with Crippen LogP contribution in [-0.4, -0.2) is 22.4 Å². The fourth-order valence-corrected chi connectivity index (χ4v) is 0.834. The molecule has 0 rings (SSSR count). The van der Waals surface area contributed by atoms with Crippen LogP contribution in [0.1, 0.15) is 59.8 Å². The van der Waals surface area contributed by atoms with Gasteiger partial charge < -0.3 is 10.2 Å².